The van der Waals surface area contributed by atoms with E-state index in [1.807, 2.05) is 0 Å². The summed E-state index contributed by atoms with van der Waals surface area (Å²) in [7, 11) is 3.06. The lowest BCUT2D eigenvalue weighted by molar-refractivity contribution is -0.143. The monoisotopic (exact) mass is 293 g/mol. The van der Waals surface area contributed by atoms with Crippen LogP contribution >= 0.6 is 0 Å². The fraction of sp³-hybridized carbons (Fsp3) is 0.333. The first-order valence-electron chi connectivity index (χ1n) is 6.44. The van der Waals surface area contributed by atoms with Gasteiger partial charge in [0.15, 0.2) is 11.5 Å². The molecule has 0 unspecified atom stereocenters. The summed E-state index contributed by atoms with van der Waals surface area (Å²) >= 11 is 0. The van der Waals surface area contributed by atoms with Gasteiger partial charge >= 0.3 is 5.97 Å². The van der Waals surface area contributed by atoms with E-state index in [0.717, 1.165) is 0 Å². The van der Waals surface area contributed by atoms with E-state index in [1.165, 1.54) is 20.3 Å². The molecule has 6 nitrogen and oxygen atoms in total. The number of hydrogen-bond donors (Lipinski definition) is 1. The highest BCUT2D eigenvalue weighted by molar-refractivity contribution is 5.94. The van der Waals surface area contributed by atoms with Crippen LogP contribution in [0.15, 0.2) is 24.3 Å². The molecule has 0 saturated heterocycles. The van der Waals surface area contributed by atoms with Gasteiger partial charge < -0.3 is 19.5 Å². The van der Waals surface area contributed by atoms with Crippen molar-refractivity contribution in [2.75, 3.05) is 27.4 Å². The van der Waals surface area contributed by atoms with Crippen molar-refractivity contribution in [3.63, 3.8) is 0 Å². The van der Waals surface area contributed by atoms with Crippen LogP contribution in [0.1, 0.15) is 12.5 Å². The van der Waals surface area contributed by atoms with Gasteiger partial charge in [-0.1, -0.05) is 12.1 Å². The Morgan fingerprint density at radius 3 is 2.62 bits per heavy atom. The second-order valence-corrected chi connectivity index (χ2v) is 3.94. The van der Waals surface area contributed by atoms with Gasteiger partial charge in [-0.2, -0.15) is 0 Å². The molecule has 0 spiro atoms. The summed E-state index contributed by atoms with van der Waals surface area (Å²) in [5, 5.41) is 2.43. The number of ether oxygens (including phenoxy) is 3. The Morgan fingerprint density at radius 1 is 1.24 bits per heavy atom. The van der Waals surface area contributed by atoms with Crippen LogP contribution < -0.4 is 14.8 Å². The average Bonchev–Trinajstić information content (AvgIpc) is 2.50. The first-order chi connectivity index (χ1) is 10.1. The van der Waals surface area contributed by atoms with E-state index in [1.54, 1.807) is 31.2 Å². The van der Waals surface area contributed by atoms with E-state index < -0.39 is 11.9 Å². The number of nitrogens with one attached hydrogen (secondary N) is 1. The quantitative estimate of drug-likeness (QED) is 0.607. The molecular formula is C15H19NO5. The van der Waals surface area contributed by atoms with Crippen molar-refractivity contribution in [2.24, 2.45) is 0 Å². The zero-order chi connectivity index (χ0) is 15.7. The molecule has 114 valence electrons. The van der Waals surface area contributed by atoms with Crippen LogP contribution in [0.25, 0.3) is 6.08 Å². The van der Waals surface area contributed by atoms with E-state index in [0.29, 0.717) is 17.1 Å². The van der Waals surface area contributed by atoms with Gasteiger partial charge in [-0.15, -0.1) is 0 Å². The predicted octanol–water partition coefficient (Wildman–Crippen LogP) is 1.40. The number of benzene rings is 1. The van der Waals surface area contributed by atoms with E-state index in [9.17, 15) is 9.59 Å². The van der Waals surface area contributed by atoms with Crippen LogP contribution in [-0.2, 0) is 14.3 Å². The Kier molecular flexibility index (Phi) is 6.80. The molecule has 0 aromatic heterocycles. The smallest absolute Gasteiger partial charge is 0.325 e. The van der Waals surface area contributed by atoms with Crippen LogP contribution in [0.5, 0.6) is 11.5 Å². The van der Waals surface area contributed by atoms with Crippen LogP contribution in [0, 0.1) is 0 Å². The van der Waals surface area contributed by atoms with Crippen LogP contribution in [0.2, 0.25) is 0 Å². The molecule has 1 amide bonds. The van der Waals surface area contributed by atoms with Crippen LogP contribution in [0.3, 0.4) is 0 Å². The molecule has 0 aliphatic rings. The van der Waals surface area contributed by atoms with Gasteiger partial charge in [0.2, 0.25) is 5.91 Å². The molecule has 1 rings (SSSR count). The molecule has 0 aliphatic heterocycles. The van der Waals surface area contributed by atoms with Gasteiger partial charge in [0.1, 0.15) is 6.54 Å². The third-order valence-electron chi connectivity index (χ3n) is 2.56. The fourth-order valence-corrected chi connectivity index (χ4v) is 1.64. The van der Waals surface area contributed by atoms with Gasteiger partial charge in [-0.25, -0.2) is 0 Å². The number of carbonyl (C=O) groups excluding carboxylic acids is 2. The molecule has 0 saturated carbocycles. The highest BCUT2D eigenvalue weighted by Crippen LogP contribution is 2.31. The highest BCUT2D eigenvalue weighted by Gasteiger charge is 2.07. The maximum atomic E-state index is 11.6. The van der Waals surface area contributed by atoms with Crippen LogP contribution in [0.4, 0.5) is 0 Å². The van der Waals surface area contributed by atoms with Gasteiger partial charge in [-0.05, 0) is 19.1 Å². The van der Waals surface area contributed by atoms with Crippen LogP contribution in [-0.4, -0.2) is 39.2 Å². The minimum atomic E-state index is -0.474. The first-order valence-corrected chi connectivity index (χ1v) is 6.44. The SMILES string of the molecule is CCOC(=O)CNC(=O)/C=C/c1cccc(OC)c1OC. The number of methoxy groups -OCH3 is 2. The Labute approximate surface area is 123 Å². The van der Waals surface area contributed by atoms with Crippen molar-refractivity contribution >= 4 is 18.0 Å². The molecule has 0 atom stereocenters. The predicted molar refractivity (Wildman–Crippen MR) is 78.2 cm³/mol. The van der Waals surface area contributed by atoms with Crippen molar-refractivity contribution in [1.82, 2.24) is 5.32 Å². The molecule has 0 fully saturated rings. The Morgan fingerprint density at radius 2 is 2.00 bits per heavy atom. The Hall–Kier alpha value is -2.50. The van der Waals surface area contributed by atoms with Gasteiger partial charge in [0.05, 0.1) is 20.8 Å². The minimum absolute atomic E-state index is 0.160. The van der Waals surface area contributed by atoms with E-state index >= 15 is 0 Å². The van der Waals surface area contributed by atoms with Crippen molar-refractivity contribution in [3.05, 3.63) is 29.8 Å². The number of esters is 1. The van der Waals surface area contributed by atoms with Gasteiger partial charge in [0.25, 0.3) is 0 Å². The molecule has 21 heavy (non-hydrogen) atoms. The lowest BCUT2D eigenvalue weighted by Crippen LogP contribution is -2.29. The van der Waals surface area contributed by atoms with Crippen molar-refractivity contribution in [3.8, 4) is 11.5 Å². The number of carbonyl (C=O) groups is 2. The second kappa shape index (κ2) is 8.63. The van der Waals surface area contributed by atoms with E-state index in [2.05, 4.69) is 5.32 Å². The fourth-order valence-electron chi connectivity index (χ4n) is 1.64. The van der Waals surface area contributed by atoms with Gasteiger partial charge in [-0.3, -0.25) is 9.59 Å². The summed E-state index contributed by atoms with van der Waals surface area (Å²) in [6.45, 7) is 1.83. The molecule has 0 aliphatic carbocycles. The second-order valence-electron chi connectivity index (χ2n) is 3.94. The lowest BCUT2D eigenvalue weighted by Gasteiger charge is -2.09. The molecule has 1 N–H and O–H groups in total. The van der Waals surface area contributed by atoms with Crippen molar-refractivity contribution in [2.45, 2.75) is 6.92 Å². The zero-order valence-electron chi connectivity index (χ0n) is 12.3. The number of amides is 1. The summed E-state index contributed by atoms with van der Waals surface area (Å²) in [4.78, 5) is 22.7. The normalized spacial score (nSPS) is 10.2. The zero-order valence-corrected chi connectivity index (χ0v) is 12.3. The molecule has 1 aromatic carbocycles. The summed E-state index contributed by atoms with van der Waals surface area (Å²) in [6, 6.07) is 5.34. The first kappa shape index (κ1) is 16.6. The maximum Gasteiger partial charge on any atom is 0.325 e. The summed E-state index contributed by atoms with van der Waals surface area (Å²) in [5.74, 6) is 0.243. The summed E-state index contributed by atoms with van der Waals surface area (Å²) in [6.07, 6.45) is 2.90. The average molecular weight is 293 g/mol. The van der Waals surface area contributed by atoms with Crippen molar-refractivity contribution in [1.29, 1.82) is 0 Å². The highest BCUT2D eigenvalue weighted by atomic mass is 16.5. The molecular weight excluding hydrogens is 274 g/mol. The maximum absolute atomic E-state index is 11.6. The molecule has 1 aromatic rings. The standard InChI is InChI=1S/C15H19NO5/c1-4-21-14(18)10-16-13(17)9-8-11-6-5-7-12(19-2)15(11)20-3/h5-9H,4,10H2,1-3H3,(H,16,17)/b9-8+. The molecule has 0 radical (unpaired) electrons. The third-order valence-corrected chi connectivity index (χ3v) is 2.56. The number of para-hydroxylation sites is 1. The molecule has 0 heterocycles. The summed E-state index contributed by atoms with van der Waals surface area (Å²) < 4.78 is 15.1. The third kappa shape index (κ3) is 5.18. The minimum Gasteiger partial charge on any atom is -0.493 e. The lowest BCUT2D eigenvalue weighted by atomic mass is 10.1. The summed E-state index contributed by atoms with van der Waals surface area (Å²) in [5.41, 5.74) is 0.697. The van der Waals surface area contributed by atoms with Crippen molar-refractivity contribution < 1.29 is 23.8 Å². The number of hydrogen-bond acceptors (Lipinski definition) is 5. The topological polar surface area (TPSA) is 73.9 Å². The van der Waals surface area contributed by atoms with Gasteiger partial charge in [0, 0.05) is 11.6 Å². The largest absolute Gasteiger partial charge is 0.493 e. The Balaban J connectivity index is 2.68. The molecule has 6 heteroatoms. The molecule has 0 bridgehead atoms. The van der Waals surface area contributed by atoms with E-state index in [4.69, 9.17) is 14.2 Å². The number of rotatable bonds is 7. The van der Waals surface area contributed by atoms with E-state index in [-0.39, 0.29) is 13.2 Å². The Bertz CT molecular complexity index is 525.